The van der Waals surface area contributed by atoms with E-state index in [0.717, 1.165) is 24.2 Å². The molecule has 2 amide bonds. The van der Waals surface area contributed by atoms with Gasteiger partial charge in [0.05, 0.1) is 19.3 Å². The van der Waals surface area contributed by atoms with Crippen molar-refractivity contribution >= 4 is 30.1 Å². The number of anilines is 1. The number of aliphatic hydroxyl groups excluding tert-OH is 1. The van der Waals surface area contributed by atoms with Crippen LogP contribution in [-0.4, -0.2) is 67.0 Å². The van der Waals surface area contributed by atoms with Gasteiger partial charge in [0, 0.05) is 31.9 Å². The molecule has 3 rings (SSSR count). The number of nitrogens with two attached hydrogens (primary N) is 1. The molecular formula is C29H44ClN5O4. The van der Waals surface area contributed by atoms with E-state index in [1.165, 1.54) is 25.6 Å². The van der Waals surface area contributed by atoms with Crippen molar-refractivity contribution in [3.05, 3.63) is 65.7 Å². The van der Waals surface area contributed by atoms with Gasteiger partial charge in [-0.3, -0.25) is 10.6 Å². The summed E-state index contributed by atoms with van der Waals surface area (Å²) in [5, 5.41) is 18.4. The molecule has 2 aromatic carbocycles. The lowest BCUT2D eigenvalue weighted by molar-refractivity contribution is -0.126. The third kappa shape index (κ3) is 10.0. The standard InChI is InChI=1S/C29H43N5O4.ClH/c1-4-21(2)27(32-29(37)38-3)28(36)31-25(18-22-10-6-5-7-11-22)26(35)20-34(30)19-23-12-14-24(15-13-23)33-16-8-9-17-33;/h5-7,10-15,21,25-27,35H,4,8-9,16-20,30H2,1-3H3,(H,31,36)(H,32,37);1H/t21-,25-,26-,27-;/m0./s1. The monoisotopic (exact) mass is 561 g/mol. The molecule has 4 atom stereocenters. The van der Waals surface area contributed by atoms with E-state index in [0.29, 0.717) is 19.4 Å². The molecule has 216 valence electrons. The van der Waals surface area contributed by atoms with Gasteiger partial charge in [0.2, 0.25) is 5.91 Å². The van der Waals surface area contributed by atoms with Gasteiger partial charge in [-0.1, -0.05) is 62.7 Å². The van der Waals surface area contributed by atoms with Crippen LogP contribution in [0.1, 0.15) is 44.2 Å². The van der Waals surface area contributed by atoms with Crippen molar-refractivity contribution in [2.24, 2.45) is 11.8 Å². The molecular weight excluding hydrogens is 518 g/mol. The summed E-state index contributed by atoms with van der Waals surface area (Å²) in [5.74, 6) is 5.82. The van der Waals surface area contributed by atoms with Crippen molar-refractivity contribution in [2.45, 2.75) is 64.3 Å². The number of hydrogen-bond donors (Lipinski definition) is 4. The van der Waals surface area contributed by atoms with E-state index >= 15 is 0 Å². The summed E-state index contributed by atoms with van der Waals surface area (Å²) in [4.78, 5) is 27.5. The Kier molecular flexibility index (Phi) is 13.5. The van der Waals surface area contributed by atoms with Crippen molar-refractivity contribution in [3.8, 4) is 0 Å². The maximum atomic E-state index is 13.3. The van der Waals surface area contributed by atoms with E-state index in [2.05, 4.69) is 39.8 Å². The zero-order chi connectivity index (χ0) is 27.5. The van der Waals surface area contributed by atoms with Gasteiger partial charge in [-0.05, 0) is 48.4 Å². The van der Waals surface area contributed by atoms with E-state index in [1.807, 2.05) is 44.2 Å². The van der Waals surface area contributed by atoms with Crippen LogP contribution in [0.5, 0.6) is 0 Å². The van der Waals surface area contributed by atoms with Crippen LogP contribution in [0.3, 0.4) is 0 Å². The third-order valence-corrected chi connectivity index (χ3v) is 7.26. The Labute approximate surface area is 238 Å². The number of halogens is 1. The molecule has 0 spiro atoms. The van der Waals surface area contributed by atoms with Crippen LogP contribution in [0.4, 0.5) is 10.5 Å². The second-order valence-corrected chi connectivity index (χ2v) is 10.2. The molecule has 5 N–H and O–H groups in total. The molecule has 1 aliphatic heterocycles. The summed E-state index contributed by atoms with van der Waals surface area (Å²) in [6.07, 6.45) is 1.94. The maximum Gasteiger partial charge on any atom is 0.407 e. The predicted octanol–water partition coefficient (Wildman–Crippen LogP) is 3.24. The number of nitrogens with zero attached hydrogens (tertiary/aromatic N) is 2. The first-order valence-corrected chi connectivity index (χ1v) is 13.5. The molecule has 1 fully saturated rings. The zero-order valence-corrected chi connectivity index (χ0v) is 24.0. The molecule has 1 aliphatic rings. The number of carbonyl (C=O) groups is 2. The molecule has 0 saturated carbocycles. The van der Waals surface area contributed by atoms with Crippen LogP contribution in [-0.2, 0) is 22.5 Å². The summed E-state index contributed by atoms with van der Waals surface area (Å²) in [6.45, 7) is 6.64. The van der Waals surface area contributed by atoms with Crippen molar-refractivity contribution in [2.75, 3.05) is 31.6 Å². The second kappa shape index (κ2) is 16.3. The number of hydrazine groups is 1. The third-order valence-electron chi connectivity index (χ3n) is 7.26. The molecule has 0 unspecified atom stereocenters. The van der Waals surface area contributed by atoms with Gasteiger partial charge in [-0.15, -0.1) is 12.4 Å². The Bertz CT molecular complexity index is 1000. The van der Waals surface area contributed by atoms with Gasteiger partial charge in [-0.25, -0.2) is 9.80 Å². The normalized spacial score (nSPS) is 16.1. The average molecular weight is 562 g/mol. The first-order chi connectivity index (χ1) is 18.3. The highest BCUT2D eigenvalue weighted by molar-refractivity contribution is 5.86. The van der Waals surface area contributed by atoms with Crippen LogP contribution in [0.25, 0.3) is 0 Å². The highest BCUT2D eigenvalue weighted by Gasteiger charge is 2.31. The smallest absolute Gasteiger partial charge is 0.407 e. The molecule has 1 saturated heterocycles. The van der Waals surface area contributed by atoms with Gasteiger partial charge < -0.3 is 25.4 Å². The number of benzene rings is 2. The van der Waals surface area contributed by atoms with Crippen molar-refractivity contribution in [1.29, 1.82) is 0 Å². The molecule has 0 radical (unpaired) electrons. The van der Waals surface area contributed by atoms with Crippen LogP contribution in [0.2, 0.25) is 0 Å². The number of aliphatic hydroxyl groups is 1. The Balaban J connectivity index is 0.00000533. The molecule has 1 heterocycles. The number of hydrogen-bond acceptors (Lipinski definition) is 7. The minimum absolute atomic E-state index is 0. The quantitative estimate of drug-likeness (QED) is 0.219. The van der Waals surface area contributed by atoms with E-state index < -0.39 is 24.3 Å². The SMILES string of the molecule is CC[C@H](C)[C@H](NC(=O)OC)C(=O)N[C@@H](Cc1ccccc1)[C@@H](O)CN(N)Cc1ccc(N2CCCC2)cc1.Cl. The minimum Gasteiger partial charge on any atom is -0.453 e. The Morgan fingerprint density at radius 2 is 1.69 bits per heavy atom. The first-order valence-electron chi connectivity index (χ1n) is 13.5. The average Bonchev–Trinajstić information content (AvgIpc) is 3.46. The number of carbonyl (C=O) groups excluding carboxylic acids is 2. The van der Waals surface area contributed by atoms with Crippen molar-refractivity contribution in [3.63, 3.8) is 0 Å². The molecule has 9 nitrogen and oxygen atoms in total. The highest BCUT2D eigenvalue weighted by atomic mass is 35.5. The van der Waals surface area contributed by atoms with Gasteiger partial charge in [0.15, 0.2) is 0 Å². The molecule has 0 bridgehead atoms. The van der Waals surface area contributed by atoms with Crippen molar-refractivity contribution < 1.29 is 19.4 Å². The van der Waals surface area contributed by atoms with Gasteiger partial charge in [0.25, 0.3) is 0 Å². The van der Waals surface area contributed by atoms with E-state index in [-0.39, 0.29) is 30.8 Å². The van der Waals surface area contributed by atoms with Gasteiger partial charge >= 0.3 is 6.09 Å². The lowest BCUT2D eigenvalue weighted by atomic mass is 9.96. The van der Waals surface area contributed by atoms with E-state index in [9.17, 15) is 14.7 Å². The number of rotatable bonds is 13. The summed E-state index contributed by atoms with van der Waals surface area (Å²) in [7, 11) is 1.26. The number of nitrogens with one attached hydrogen (secondary N) is 2. The van der Waals surface area contributed by atoms with Gasteiger partial charge in [-0.2, -0.15) is 0 Å². The molecule has 10 heteroatoms. The Morgan fingerprint density at radius 1 is 1.05 bits per heavy atom. The second-order valence-electron chi connectivity index (χ2n) is 10.2. The number of alkyl carbamates (subject to hydrolysis) is 1. The zero-order valence-electron chi connectivity index (χ0n) is 23.2. The number of methoxy groups -OCH3 is 1. The van der Waals surface area contributed by atoms with Crippen molar-refractivity contribution in [1.82, 2.24) is 15.6 Å². The minimum atomic E-state index is -0.941. The lowest BCUT2D eigenvalue weighted by Crippen LogP contribution is -2.57. The maximum absolute atomic E-state index is 13.3. The fraction of sp³-hybridized carbons (Fsp3) is 0.517. The molecule has 0 aromatic heterocycles. The molecule has 2 aromatic rings. The lowest BCUT2D eigenvalue weighted by Gasteiger charge is -2.30. The largest absolute Gasteiger partial charge is 0.453 e. The Hall–Kier alpha value is -2.85. The fourth-order valence-electron chi connectivity index (χ4n) is 4.77. The first kappa shape index (κ1) is 32.4. The summed E-state index contributed by atoms with van der Waals surface area (Å²) >= 11 is 0. The molecule has 0 aliphatic carbocycles. The Morgan fingerprint density at radius 3 is 2.28 bits per heavy atom. The topological polar surface area (TPSA) is 120 Å². The summed E-state index contributed by atoms with van der Waals surface area (Å²) < 4.78 is 4.71. The van der Waals surface area contributed by atoms with Crippen LogP contribution in [0.15, 0.2) is 54.6 Å². The number of amides is 2. The van der Waals surface area contributed by atoms with Crippen LogP contribution in [0, 0.1) is 5.92 Å². The number of ether oxygens (including phenoxy) is 1. The van der Waals surface area contributed by atoms with E-state index in [1.54, 1.807) is 5.01 Å². The predicted molar refractivity (Wildman–Crippen MR) is 157 cm³/mol. The van der Waals surface area contributed by atoms with Crippen LogP contribution >= 0.6 is 12.4 Å². The van der Waals surface area contributed by atoms with Gasteiger partial charge in [0.1, 0.15) is 6.04 Å². The van der Waals surface area contributed by atoms with E-state index in [4.69, 9.17) is 10.6 Å². The summed E-state index contributed by atoms with van der Waals surface area (Å²) in [5.41, 5.74) is 3.24. The highest BCUT2D eigenvalue weighted by Crippen LogP contribution is 2.21. The fourth-order valence-corrected chi connectivity index (χ4v) is 4.77. The van der Waals surface area contributed by atoms with Crippen LogP contribution < -0.4 is 21.4 Å². The molecule has 39 heavy (non-hydrogen) atoms. The summed E-state index contributed by atoms with van der Waals surface area (Å²) in [6, 6.07) is 16.6.